The smallest absolute Gasteiger partial charge is 0.339 e. The summed E-state index contributed by atoms with van der Waals surface area (Å²) in [6.07, 6.45) is 1.25. The van der Waals surface area contributed by atoms with Gasteiger partial charge in [-0.3, -0.25) is 9.78 Å². The standard InChI is InChI=1S/C15H13FN2O3/c1-21-15(20)11-6-7-13(17-9-11)14(19)18-8-10-4-2-3-5-12(10)16/h2-7,9H,8H2,1H3,(H,18,19). The number of ether oxygens (including phenoxy) is 1. The molecule has 0 spiro atoms. The summed E-state index contributed by atoms with van der Waals surface area (Å²) in [5.74, 6) is -1.36. The number of nitrogens with zero attached hydrogens (tertiary/aromatic N) is 1. The highest BCUT2D eigenvalue weighted by Crippen LogP contribution is 2.06. The summed E-state index contributed by atoms with van der Waals surface area (Å²) in [4.78, 5) is 27.0. The van der Waals surface area contributed by atoms with Gasteiger partial charge >= 0.3 is 5.97 Å². The van der Waals surface area contributed by atoms with Crippen molar-refractivity contribution in [3.8, 4) is 0 Å². The number of pyridine rings is 1. The lowest BCUT2D eigenvalue weighted by Crippen LogP contribution is -2.24. The normalized spacial score (nSPS) is 10.0. The molecule has 1 aromatic heterocycles. The van der Waals surface area contributed by atoms with E-state index in [1.807, 2.05) is 0 Å². The van der Waals surface area contributed by atoms with E-state index in [1.165, 1.54) is 31.5 Å². The highest BCUT2D eigenvalue weighted by Gasteiger charge is 2.11. The van der Waals surface area contributed by atoms with E-state index in [0.29, 0.717) is 5.56 Å². The molecule has 1 N–H and O–H groups in total. The molecule has 0 aliphatic heterocycles. The van der Waals surface area contributed by atoms with Crippen LogP contribution in [0.1, 0.15) is 26.4 Å². The fourth-order valence-corrected chi connectivity index (χ4v) is 1.67. The highest BCUT2D eigenvalue weighted by molar-refractivity contribution is 5.94. The van der Waals surface area contributed by atoms with E-state index in [1.54, 1.807) is 18.2 Å². The molecule has 2 rings (SSSR count). The van der Waals surface area contributed by atoms with Gasteiger partial charge in [-0.15, -0.1) is 0 Å². The minimum atomic E-state index is -0.527. The van der Waals surface area contributed by atoms with Crippen LogP contribution in [-0.2, 0) is 11.3 Å². The van der Waals surface area contributed by atoms with Crippen LogP contribution in [0, 0.1) is 5.82 Å². The summed E-state index contributed by atoms with van der Waals surface area (Å²) in [5.41, 5.74) is 0.777. The number of carbonyl (C=O) groups is 2. The first kappa shape index (κ1) is 14.6. The van der Waals surface area contributed by atoms with Crippen LogP contribution in [0.25, 0.3) is 0 Å². The maximum atomic E-state index is 13.4. The van der Waals surface area contributed by atoms with Gasteiger partial charge in [0.25, 0.3) is 5.91 Å². The fraction of sp³-hybridized carbons (Fsp3) is 0.133. The minimum absolute atomic E-state index is 0.0614. The van der Waals surface area contributed by atoms with Gasteiger partial charge < -0.3 is 10.1 Å². The van der Waals surface area contributed by atoms with E-state index in [0.717, 1.165) is 0 Å². The predicted molar refractivity (Wildman–Crippen MR) is 73.1 cm³/mol. The Morgan fingerprint density at radius 2 is 2.00 bits per heavy atom. The number of nitrogens with one attached hydrogen (secondary N) is 1. The summed E-state index contributed by atoms with van der Waals surface area (Å²) in [5, 5.41) is 2.56. The van der Waals surface area contributed by atoms with Gasteiger partial charge in [-0.05, 0) is 18.2 Å². The molecule has 6 heteroatoms. The largest absolute Gasteiger partial charge is 0.465 e. The molecule has 0 atom stereocenters. The molecule has 0 aliphatic rings. The zero-order valence-electron chi connectivity index (χ0n) is 11.3. The third kappa shape index (κ3) is 3.62. The van der Waals surface area contributed by atoms with Crippen LogP contribution < -0.4 is 5.32 Å². The van der Waals surface area contributed by atoms with Crippen molar-refractivity contribution in [2.24, 2.45) is 0 Å². The molecule has 0 saturated heterocycles. The van der Waals surface area contributed by atoms with Crippen LogP contribution in [0.15, 0.2) is 42.6 Å². The summed E-state index contributed by atoms with van der Waals surface area (Å²) < 4.78 is 17.9. The molecule has 1 amide bonds. The van der Waals surface area contributed by atoms with Gasteiger partial charge in [-0.25, -0.2) is 9.18 Å². The summed E-state index contributed by atoms with van der Waals surface area (Å²) in [6, 6.07) is 9.02. The van der Waals surface area contributed by atoms with Gasteiger partial charge in [0.1, 0.15) is 11.5 Å². The quantitative estimate of drug-likeness (QED) is 0.873. The lowest BCUT2D eigenvalue weighted by Gasteiger charge is -2.06. The lowest BCUT2D eigenvalue weighted by molar-refractivity contribution is 0.0599. The second kappa shape index (κ2) is 6.60. The Labute approximate surface area is 120 Å². The molecule has 1 heterocycles. The SMILES string of the molecule is COC(=O)c1ccc(C(=O)NCc2ccccc2F)nc1. The Morgan fingerprint density at radius 3 is 2.62 bits per heavy atom. The van der Waals surface area contributed by atoms with Crippen LogP contribution in [0.2, 0.25) is 0 Å². The van der Waals surface area contributed by atoms with Crippen molar-refractivity contribution < 1.29 is 18.7 Å². The molecule has 1 aromatic carbocycles. The van der Waals surface area contributed by atoms with Crippen molar-refractivity contribution in [3.63, 3.8) is 0 Å². The first-order valence-corrected chi connectivity index (χ1v) is 6.18. The second-order valence-corrected chi connectivity index (χ2v) is 4.20. The van der Waals surface area contributed by atoms with E-state index < -0.39 is 11.9 Å². The van der Waals surface area contributed by atoms with E-state index >= 15 is 0 Å². The number of aromatic nitrogens is 1. The van der Waals surface area contributed by atoms with E-state index in [9.17, 15) is 14.0 Å². The molecule has 21 heavy (non-hydrogen) atoms. The molecule has 2 aromatic rings. The van der Waals surface area contributed by atoms with Crippen LogP contribution in [-0.4, -0.2) is 24.0 Å². The molecule has 0 fully saturated rings. The van der Waals surface area contributed by atoms with Crippen molar-refractivity contribution in [3.05, 3.63) is 65.2 Å². The maximum absolute atomic E-state index is 13.4. The molecule has 0 saturated carbocycles. The zero-order valence-corrected chi connectivity index (χ0v) is 11.3. The topological polar surface area (TPSA) is 68.3 Å². The number of hydrogen-bond acceptors (Lipinski definition) is 4. The Morgan fingerprint density at radius 1 is 1.24 bits per heavy atom. The molecule has 0 bridgehead atoms. The van der Waals surface area contributed by atoms with Gasteiger partial charge in [0.2, 0.25) is 0 Å². The number of esters is 1. The molecule has 108 valence electrons. The van der Waals surface area contributed by atoms with Gasteiger partial charge in [-0.2, -0.15) is 0 Å². The van der Waals surface area contributed by atoms with Crippen LogP contribution in [0.3, 0.4) is 0 Å². The van der Waals surface area contributed by atoms with Crippen molar-refractivity contribution in [1.29, 1.82) is 0 Å². The molecule has 0 aliphatic carbocycles. The van der Waals surface area contributed by atoms with Gasteiger partial charge in [0.05, 0.1) is 12.7 Å². The first-order valence-electron chi connectivity index (χ1n) is 6.18. The molecule has 0 radical (unpaired) electrons. The minimum Gasteiger partial charge on any atom is -0.465 e. The van der Waals surface area contributed by atoms with Gasteiger partial charge in [-0.1, -0.05) is 18.2 Å². The van der Waals surface area contributed by atoms with Crippen molar-refractivity contribution >= 4 is 11.9 Å². The van der Waals surface area contributed by atoms with Gasteiger partial charge in [0, 0.05) is 18.3 Å². The summed E-state index contributed by atoms with van der Waals surface area (Å²) >= 11 is 0. The number of halogens is 1. The predicted octanol–water partition coefficient (Wildman–Crippen LogP) is 1.94. The second-order valence-electron chi connectivity index (χ2n) is 4.20. The van der Waals surface area contributed by atoms with Crippen molar-refractivity contribution in [2.45, 2.75) is 6.54 Å². The molecule has 5 nitrogen and oxygen atoms in total. The zero-order chi connectivity index (χ0) is 15.2. The van der Waals surface area contributed by atoms with Crippen LogP contribution in [0.4, 0.5) is 4.39 Å². The third-order valence-corrected chi connectivity index (χ3v) is 2.81. The lowest BCUT2D eigenvalue weighted by atomic mass is 10.2. The molecular formula is C15H13FN2O3. The maximum Gasteiger partial charge on any atom is 0.339 e. The number of benzene rings is 1. The number of methoxy groups -OCH3 is 1. The van der Waals surface area contributed by atoms with Gasteiger partial charge in [0.15, 0.2) is 0 Å². The van der Waals surface area contributed by atoms with Crippen LogP contribution in [0.5, 0.6) is 0 Å². The molecular weight excluding hydrogens is 275 g/mol. The molecule has 0 unspecified atom stereocenters. The Bertz CT molecular complexity index is 656. The van der Waals surface area contributed by atoms with E-state index in [2.05, 4.69) is 15.0 Å². The van der Waals surface area contributed by atoms with Crippen LogP contribution >= 0.6 is 0 Å². The third-order valence-electron chi connectivity index (χ3n) is 2.81. The Hall–Kier alpha value is -2.76. The Kier molecular flexibility index (Phi) is 4.61. The van der Waals surface area contributed by atoms with Crippen molar-refractivity contribution in [2.75, 3.05) is 7.11 Å². The van der Waals surface area contributed by atoms with E-state index in [-0.39, 0.29) is 23.6 Å². The number of carbonyl (C=O) groups excluding carboxylic acids is 2. The summed E-state index contributed by atoms with van der Waals surface area (Å²) in [7, 11) is 1.26. The number of hydrogen-bond donors (Lipinski definition) is 1. The number of amides is 1. The van der Waals surface area contributed by atoms with Crippen molar-refractivity contribution in [1.82, 2.24) is 10.3 Å². The fourth-order valence-electron chi connectivity index (χ4n) is 1.67. The Balaban J connectivity index is 2.01. The average molecular weight is 288 g/mol. The first-order chi connectivity index (χ1) is 10.1. The monoisotopic (exact) mass is 288 g/mol. The summed E-state index contributed by atoms with van der Waals surface area (Å²) in [6.45, 7) is 0.0614. The highest BCUT2D eigenvalue weighted by atomic mass is 19.1. The average Bonchev–Trinajstić information content (AvgIpc) is 2.53. The van der Waals surface area contributed by atoms with E-state index in [4.69, 9.17) is 0 Å². The number of rotatable bonds is 4.